The first-order chi connectivity index (χ1) is 9.56. The van der Waals surface area contributed by atoms with Gasteiger partial charge in [-0.2, -0.15) is 0 Å². The van der Waals surface area contributed by atoms with Gasteiger partial charge in [-0.15, -0.1) is 0 Å². The molecule has 0 fully saturated rings. The van der Waals surface area contributed by atoms with Gasteiger partial charge in [0, 0.05) is 0 Å². The fourth-order valence-corrected chi connectivity index (χ4v) is 2.90. The molecule has 0 aliphatic carbocycles. The Balaban J connectivity index is 2.20. The molecule has 2 rings (SSSR count). The minimum Gasteiger partial charge on any atom is -0.496 e. The van der Waals surface area contributed by atoms with Crippen LogP contribution in [0, 0.1) is 0 Å². The quantitative estimate of drug-likeness (QED) is 0.888. The summed E-state index contributed by atoms with van der Waals surface area (Å²) in [5.74, 6) is 1.26. The van der Waals surface area contributed by atoms with Crippen LogP contribution >= 0.6 is 0 Å². The van der Waals surface area contributed by atoms with Gasteiger partial charge < -0.3 is 9.15 Å². The molecule has 0 saturated heterocycles. The van der Waals surface area contributed by atoms with E-state index in [0.717, 1.165) is 5.56 Å². The van der Waals surface area contributed by atoms with Crippen molar-refractivity contribution in [1.82, 2.24) is 4.72 Å². The topological polar surface area (TPSA) is 68.5 Å². The van der Waals surface area contributed by atoms with Crippen molar-refractivity contribution in [2.75, 3.05) is 7.11 Å². The fraction of sp³-hybridized carbons (Fsp3) is 0.286. The zero-order valence-corrected chi connectivity index (χ0v) is 12.2. The monoisotopic (exact) mass is 295 g/mol. The minimum atomic E-state index is -3.56. The van der Waals surface area contributed by atoms with E-state index >= 15 is 0 Å². The number of aryl methyl sites for hydroxylation is 1. The molecule has 0 atom stereocenters. The third kappa shape index (κ3) is 3.20. The molecule has 1 aromatic heterocycles. The summed E-state index contributed by atoms with van der Waals surface area (Å²) in [7, 11) is -1.99. The summed E-state index contributed by atoms with van der Waals surface area (Å²) < 4.78 is 37.2. The van der Waals surface area contributed by atoms with E-state index in [1.165, 1.54) is 12.3 Å². The van der Waals surface area contributed by atoms with Crippen LogP contribution in [0.25, 0.3) is 0 Å². The minimum absolute atomic E-state index is 0.128. The Morgan fingerprint density at radius 3 is 2.70 bits per heavy atom. The summed E-state index contributed by atoms with van der Waals surface area (Å²) in [4.78, 5) is 0.224. The number of rotatable bonds is 6. The van der Waals surface area contributed by atoms with E-state index in [-0.39, 0.29) is 11.4 Å². The van der Waals surface area contributed by atoms with Gasteiger partial charge in [0.1, 0.15) is 11.5 Å². The number of sulfonamides is 1. The van der Waals surface area contributed by atoms with Crippen molar-refractivity contribution in [3.05, 3.63) is 47.9 Å². The highest BCUT2D eigenvalue weighted by Gasteiger charge is 2.16. The number of furan rings is 1. The third-order valence-corrected chi connectivity index (χ3v) is 4.36. The molecule has 2 aromatic rings. The molecule has 6 heteroatoms. The van der Waals surface area contributed by atoms with Gasteiger partial charge in [0.05, 0.1) is 24.8 Å². The Morgan fingerprint density at radius 2 is 2.10 bits per heavy atom. The van der Waals surface area contributed by atoms with Gasteiger partial charge in [-0.05, 0) is 42.3 Å². The lowest BCUT2D eigenvalue weighted by Gasteiger charge is -2.10. The predicted molar refractivity (Wildman–Crippen MR) is 75.1 cm³/mol. The number of methoxy groups -OCH3 is 1. The Morgan fingerprint density at radius 1 is 1.30 bits per heavy atom. The average molecular weight is 295 g/mol. The SMILES string of the molecule is CCc1cc(S(=O)(=O)NCc2ccco2)ccc1OC. The van der Waals surface area contributed by atoms with E-state index in [1.807, 2.05) is 6.92 Å². The van der Waals surface area contributed by atoms with E-state index in [4.69, 9.17) is 9.15 Å². The second kappa shape index (κ2) is 6.11. The molecular formula is C14H17NO4S. The Bertz CT molecular complexity index is 662. The van der Waals surface area contributed by atoms with E-state index in [9.17, 15) is 8.42 Å². The van der Waals surface area contributed by atoms with Crippen molar-refractivity contribution in [3.63, 3.8) is 0 Å². The van der Waals surface area contributed by atoms with Crippen LogP contribution in [0.15, 0.2) is 45.9 Å². The van der Waals surface area contributed by atoms with Crippen molar-refractivity contribution < 1.29 is 17.6 Å². The second-order valence-electron chi connectivity index (χ2n) is 4.23. The number of ether oxygens (including phenoxy) is 1. The maximum atomic E-state index is 12.2. The molecule has 1 N–H and O–H groups in total. The van der Waals surface area contributed by atoms with Gasteiger partial charge in [0.15, 0.2) is 0 Å². The predicted octanol–water partition coefficient (Wildman–Crippen LogP) is 2.33. The molecule has 108 valence electrons. The van der Waals surface area contributed by atoms with Crippen LogP contribution in [-0.4, -0.2) is 15.5 Å². The van der Waals surface area contributed by atoms with Crippen molar-refractivity contribution >= 4 is 10.0 Å². The lowest BCUT2D eigenvalue weighted by atomic mass is 10.1. The van der Waals surface area contributed by atoms with Gasteiger partial charge in [0.2, 0.25) is 10.0 Å². The maximum absolute atomic E-state index is 12.2. The standard InChI is InChI=1S/C14H17NO4S/c1-3-11-9-13(6-7-14(11)18-2)20(16,17)15-10-12-5-4-8-19-12/h4-9,15H,3,10H2,1-2H3. The first kappa shape index (κ1) is 14.6. The summed E-state index contributed by atoms with van der Waals surface area (Å²) >= 11 is 0. The highest BCUT2D eigenvalue weighted by atomic mass is 32.2. The smallest absolute Gasteiger partial charge is 0.240 e. The molecule has 1 heterocycles. The van der Waals surface area contributed by atoms with Crippen molar-refractivity contribution in [2.24, 2.45) is 0 Å². The van der Waals surface area contributed by atoms with Crippen LogP contribution < -0.4 is 9.46 Å². The van der Waals surface area contributed by atoms with Crippen LogP contribution in [0.5, 0.6) is 5.75 Å². The highest BCUT2D eigenvalue weighted by Crippen LogP contribution is 2.22. The van der Waals surface area contributed by atoms with E-state index in [2.05, 4.69) is 4.72 Å². The number of nitrogens with one attached hydrogen (secondary N) is 1. The molecule has 0 radical (unpaired) electrons. The van der Waals surface area contributed by atoms with Gasteiger partial charge in [-0.25, -0.2) is 13.1 Å². The summed E-state index contributed by atoms with van der Waals surface area (Å²) in [6, 6.07) is 8.26. The van der Waals surface area contributed by atoms with E-state index < -0.39 is 10.0 Å². The summed E-state index contributed by atoms with van der Waals surface area (Å²) in [6.07, 6.45) is 2.21. The Labute approximate surface area is 118 Å². The van der Waals surface area contributed by atoms with Gasteiger partial charge >= 0.3 is 0 Å². The molecule has 0 amide bonds. The van der Waals surface area contributed by atoms with Crippen LogP contribution in [-0.2, 0) is 23.0 Å². The molecule has 5 nitrogen and oxygen atoms in total. The van der Waals surface area contributed by atoms with Crippen LogP contribution in [0.1, 0.15) is 18.2 Å². The van der Waals surface area contributed by atoms with Crippen LogP contribution in [0.3, 0.4) is 0 Å². The fourth-order valence-electron chi connectivity index (χ4n) is 1.86. The molecule has 0 saturated carbocycles. The zero-order valence-electron chi connectivity index (χ0n) is 11.4. The number of hydrogen-bond donors (Lipinski definition) is 1. The lowest BCUT2D eigenvalue weighted by Crippen LogP contribution is -2.23. The average Bonchev–Trinajstić information content (AvgIpc) is 2.97. The highest BCUT2D eigenvalue weighted by molar-refractivity contribution is 7.89. The Hall–Kier alpha value is -1.79. The molecule has 0 aliphatic heterocycles. The third-order valence-electron chi connectivity index (χ3n) is 2.96. The zero-order chi connectivity index (χ0) is 14.6. The van der Waals surface area contributed by atoms with Gasteiger partial charge in [-0.1, -0.05) is 6.92 Å². The largest absolute Gasteiger partial charge is 0.496 e. The van der Waals surface area contributed by atoms with Crippen LogP contribution in [0.4, 0.5) is 0 Å². The molecule has 0 spiro atoms. The summed E-state index contributed by atoms with van der Waals surface area (Å²) in [5.41, 5.74) is 0.855. The normalized spacial score (nSPS) is 11.5. The molecule has 1 aromatic carbocycles. The molecule has 0 bridgehead atoms. The van der Waals surface area contributed by atoms with Gasteiger partial charge in [-0.3, -0.25) is 0 Å². The second-order valence-corrected chi connectivity index (χ2v) is 6.00. The van der Waals surface area contributed by atoms with Crippen molar-refractivity contribution in [3.8, 4) is 5.75 Å². The van der Waals surface area contributed by atoms with E-state index in [0.29, 0.717) is 17.9 Å². The maximum Gasteiger partial charge on any atom is 0.240 e. The van der Waals surface area contributed by atoms with E-state index in [1.54, 1.807) is 31.4 Å². The number of benzene rings is 1. The first-order valence-electron chi connectivity index (χ1n) is 6.25. The first-order valence-corrected chi connectivity index (χ1v) is 7.74. The molecular weight excluding hydrogens is 278 g/mol. The summed E-state index contributed by atoms with van der Waals surface area (Å²) in [5, 5.41) is 0. The molecule has 0 aliphatic rings. The number of hydrogen-bond acceptors (Lipinski definition) is 4. The van der Waals surface area contributed by atoms with Crippen LogP contribution in [0.2, 0.25) is 0 Å². The molecule has 0 unspecified atom stereocenters. The van der Waals surface area contributed by atoms with Crippen molar-refractivity contribution in [1.29, 1.82) is 0 Å². The van der Waals surface area contributed by atoms with Crippen molar-refractivity contribution in [2.45, 2.75) is 24.8 Å². The van der Waals surface area contributed by atoms with Gasteiger partial charge in [0.25, 0.3) is 0 Å². The summed E-state index contributed by atoms with van der Waals surface area (Å²) in [6.45, 7) is 2.08. The molecule has 20 heavy (non-hydrogen) atoms. The Kier molecular flexibility index (Phi) is 4.46. The lowest BCUT2D eigenvalue weighted by molar-refractivity contribution is 0.409.